The maximum atomic E-state index is 11.0. The van der Waals surface area contributed by atoms with E-state index in [-0.39, 0.29) is 0 Å². The molecule has 0 spiro atoms. The van der Waals surface area contributed by atoms with E-state index in [1.807, 2.05) is 0 Å². The highest BCUT2D eigenvalue weighted by Crippen LogP contribution is 2.50. The van der Waals surface area contributed by atoms with Gasteiger partial charge in [-0.2, -0.15) is 0 Å². The standard InChI is InChI=1S/C15H26O/c1-10(2)13-6-5-12(4)15(16)8-7-11(3)9-14(13)15/h9-10,12-14,16H,5-8H2,1-4H3/t12-,13+,14?,15+/m0/s1. The van der Waals surface area contributed by atoms with Crippen LogP contribution >= 0.6 is 0 Å². The van der Waals surface area contributed by atoms with Crippen LogP contribution in [0.2, 0.25) is 0 Å². The molecule has 0 aromatic carbocycles. The number of hydrogen-bond donors (Lipinski definition) is 1. The lowest BCUT2D eigenvalue weighted by Gasteiger charge is -2.51. The van der Waals surface area contributed by atoms with Crippen LogP contribution < -0.4 is 0 Å². The van der Waals surface area contributed by atoms with Gasteiger partial charge in [-0.25, -0.2) is 0 Å². The van der Waals surface area contributed by atoms with Crippen molar-refractivity contribution in [3.63, 3.8) is 0 Å². The van der Waals surface area contributed by atoms with E-state index in [4.69, 9.17) is 0 Å². The molecule has 1 N–H and O–H groups in total. The van der Waals surface area contributed by atoms with E-state index < -0.39 is 5.60 Å². The van der Waals surface area contributed by atoms with E-state index >= 15 is 0 Å². The maximum Gasteiger partial charge on any atom is 0.0741 e. The summed E-state index contributed by atoms with van der Waals surface area (Å²) in [6.07, 6.45) is 6.93. The van der Waals surface area contributed by atoms with Crippen molar-refractivity contribution >= 4 is 0 Å². The zero-order valence-electron chi connectivity index (χ0n) is 11.2. The van der Waals surface area contributed by atoms with Crippen LogP contribution in [0.1, 0.15) is 53.4 Å². The molecule has 1 heteroatoms. The Bertz CT molecular complexity index is 292. The largest absolute Gasteiger partial charge is 0.389 e. The Labute approximate surface area is 99.9 Å². The van der Waals surface area contributed by atoms with Gasteiger partial charge in [0.15, 0.2) is 0 Å². The normalized spacial score (nSPS) is 44.1. The highest BCUT2D eigenvalue weighted by Gasteiger charge is 2.49. The fourth-order valence-corrected chi connectivity index (χ4v) is 3.79. The van der Waals surface area contributed by atoms with Gasteiger partial charge in [-0.05, 0) is 50.4 Å². The summed E-state index contributed by atoms with van der Waals surface area (Å²) in [6, 6.07) is 0. The minimum Gasteiger partial charge on any atom is -0.389 e. The molecule has 92 valence electrons. The van der Waals surface area contributed by atoms with E-state index in [1.54, 1.807) is 0 Å². The summed E-state index contributed by atoms with van der Waals surface area (Å²) in [5.74, 6) is 2.24. The molecule has 2 rings (SSSR count). The first-order chi connectivity index (χ1) is 7.45. The zero-order valence-corrected chi connectivity index (χ0v) is 11.2. The van der Waals surface area contributed by atoms with Gasteiger partial charge < -0.3 is 5.11 Å². The Morgan fingerprint density at radius 3 is 2.69 bits per heavy atom. The van der Waals surface area contributed by atoms with Crippen molar-refractivity contribution in [2.45, 2.75) is 59.0 Å². The Balaban J connectivity index is 2.32. The molecule has 2 aliphatic carbocycles. The minimum absolute atomic E-state index is 0.407. The van der Waals surface area contributed by atoms with Gasteiger partial charge in [0.05, 0.1) is 5.60 Å². The van der Waals surface area contributed by atoms with Gasteiger partial charge in [-0.1, -0.05) is 32.4 Å². The van der Waals surface area contributed by atoms with Crippen LogP contribution in [0, 0.1) is 23.7 Å². The number of allylic oxidation sites excluding steroid dienone is 1. The van der Waals surface area contributed by atoms with Gasteiger partial charge in [0.1, 0.15) is 0 Å². The lowest BCUT2D eigenvalue weighted by Crippen LogP contribution is -2.52. The summed E-state index contributed by atoms with van der Waals surface area (Å²) in [6.45, 7) is 9.06. The van der Waals surface area contributed by atoms with Crippen LogP contribution in [-0.4, -0.2) is 10.7 Å². The van der Waals surface area contributed by atoms with Gasteiger partial charge in [0.2, 0.25) is 0 Å². The summed E-state index contributed by atoms with van der Waals surface area (Å²) in [5.41, 5.74) is 1.07. The van der Waals surface area contributed by atoms with Crippen molar-refractivity contribution in [1.29, 1.82) is 0 Å². The Morgan fingerprint density at radius 1 is 1.38 bits per heavy atom. The van der Waals surface area contributed by atoms with Crippen molar-refractivity contribution < 1.29 is 5.11 Å². The van der Waals surface area contributed by atoms with Gasteiger partial charge in [0.25, 0.3) is 0 Å². The smallest absolute Gasteiger partial charge is 0.0741 e. The van der Waals surface area contributed by atoms with Crippen LogP contribution in [0.5, 0.6) is 0 Å². The Morgan fingerprint density at radius 2 is 2.06 bits per heavy atom. The third kappa shape index (κ3) is 1.84. The molecule has 1 nitrogen and oxygen atoms in total. The monoisotopic (exact) mass is 222 g/mol. The molecule has 0 aromatic rings. The molecule has 0 aliphatic heterocycles. The fourth-order valence-electron chi connectivity index (χ4n) is 3.79. The molecule has 1 unspecified atom stereocenters. The Kier molecular flexibility index (Phi) is 3.18. The third-order valence-electron chi connectivity index (χ3n) is 5.07. The lowest BCUT2D eigenvalue weighted by atomic mass is 9.57. The number of aliphatic hydroxyl groups is 1. The predicted octanol–water partition coefficient (Wildman–Crippen LogP) is 3.78. The Hall–Kier alpha value is -0.300. The topological polar surface area (TPSA) is 20.2 Å². The molecule has 1 fully saturated rings. The van der Waals surface area contributed by atoms with Crippen molar-refractivity contribution in [2.75, 3.05) is 0 Å². The molecular formula is C15H26O. The predicted molar refractivity (Wildman–Crippen MR) is 68.2 cm³/mol. The first-order valence-electron chi connectivity index (χ1n) is 6.85. The van der Waals surface area contributed by atoms with E-state index in [0.717, 1.165) is 12.8 Å². The molecule has 0 saturated heterocycles. The second-order valence-electron chi connectivity index (χ2n) is 6.42. The summed E-state index contributed by atoms with van der Waals surface area (Å²) in [5, 5.41) is 11.0. The van der Waals surface area contributed by atoms with Crippen molar-refractivity contribution in [1.82, 2.24) is 0 Å². The van der Waals surface area contributed by atoms with Crippen LogP contribution in [0.4, 0.5) is 0 Å². The van der Waals surface area contributed by atoms with Crippen LogP contribution in [-0.2, 0) is 0 Å². The van der Waals surface area contributed by atoms with Crippen LogP contribution in [0.15, 0.2) is 11.6 Å². The molecule has 2 aliphatic rings. The third-order valence-corrected chi connectivity index (χ3v) is 5.07. The number of rotatable bonds is 1. The summed E-state index contributed by atoms with van der Waals surface area (Å²) in [7, 11) is 0. The molecular weight excluding hydrogens is 196 g/mol. The quantitative estimate of drug-likeness (QED) is 0.669. The van der Waals surface area contributed by atoms with Gasteiger partial charge >= 0.3 is 0 Å². The second-order valence-corrected chi connectivity index (χ2v) is 6.42. The fraction of sp³-hybridized carbons (Fsp3) is 0.867. The molecule has 4 atom stereocenters. The van der Waals surface area contributed by atoms with E-state index in [1.165, 1.54) is 18.4 Å². The second kappa shape index (κ2) is 4.18. The lowest BCUT2D eigenvalue weighted by molar-refractivity contribution is -0.111. The minimum atomic E-state index is -0.410. The maximum absolute atomic E-state index is 11.0. The highest BCUT2D eigenvalue weighted by atomic mass is 16.3. The summed E-state index contributed by atoms with van der Waals surface area (Å²) >= 11 is 0. The molecule has 1 saturated carbocycles. The highest BCUT2D eigenvalue weighted by molar-refractivity contribution is 5.17. The van der Waals surface area contributed by atoms with Crippen molar-refractivity contribution in [3.8, 4) is 0 Å². The van der Waals surface area contributed by atoms with E-state index in [0.29, 0.717) is 23.7 Å². The van der Waals surface area contributed by atoms with Crippen molar-refractivity contribution in [2.24, 2.45) is 23.7 Å². The van der Waals surface area contributed by atoms with Crippen LogP contribution in [0.25, 0.3) is 0 Å². The zero-order chi connectivity index (χ0) is 11.9. The molecule has 16 heavy (non-hydrogen) atoms. The molecule has 0 heterocycles. The average molecular weight is 222 g/mol. The summed E-state index contributed by atoms with van der Waals surface area (Å²) < 4.78 is 0. The van der Waals surface area contributed by atoms with Gasteiger partial charge in [-0.3, -0.25) is 0 Å². The molecule has 0 aromatic heterocycles. The molecule has 0 bridgehead atoms. The molecule has 0 radical (unpaired) electrons. The number of fused-ring (bicyclic) bond motifs is 1. The van der Waals surface area contributed by atoms with E-state index in [9.17, 15) is 5.11 Å². The first-order valence-corrected chi connectivity index (χ1v) is 6.85. The van der Waals surface area contributed by atoms with E-state index in [2.05, 4.69) is 33.8 Å². The van der Waals surface area contributed by atoms with Gasteiger partial charge in [-0.15, -0.1) is 0 Å². The molecule has 0 amide bonds. The SMILES string of the molecule is CC1=CC2[C@@H](C(C)C)CC[C@H](C)[C@]2(O)CC1. The van der Waals surface area contributed by atoms with Gasteiger partial charge in [0, 0.05) is 5.92 Å². The van der Waals surface area contributed by atoms with Crippen LogP contribution in [0.3, 0.4) is 0 Å². The number of hydrogen-bond acceptors (Lipinski definition) is 1. The van der Waals surface area contributed by atoms with Crippen molar-refractivity contribution in [3.05, 3.63) is 11.6 Å². The summed E-state index contributed by atoms with van der Waals surface area (Å²) in [4.78, 5) is 0. The first kappa shape index (κ1) is 12.2. The average Bonchev–Trinajstić information content (AvgIpc) is 2.21.